The van der Waals surface area contributed by atoms with Gasteiger partial charge in [0.2, 0.25) is 0 Å². The van der Waals surface area contributed by atoms with Crippen LogP contribution in [0.3, 0.4) is 0 Å². The van der Waals surface area contributed by atoms with Crippen LogP contribution in [-0.4, -0.2) is 96.7 Å². The first kappa shape index (κ1) is 100. The van der Waals surface area contributed by atoms with Gasteiger partial charge in [0, 0.05) is 25.7 Å². The number of unbranched alkanes of at least 4 members (excludes halogenated alkanes) is 39. The van der Waals surface area contributed by atoms with Crippen LogP contribution in [-0.2, 0) is 65.4 Å². The van der Waals surface area contributed by atoms with E-state index in [0.29, 0.717) is 25.7 Å². The van der Waals surface area contributed by atoms with Crippen molar-refractivity contribution in [3.8, 4) is 0 Å². The van der Waals surface area contributed by atoms with Crippen LogP contribution in [0.1, 0.15) is 374 Å². The molecule has 0 aliphatic rings. The summed E-state index contributed by atoms with van der Waals surface area (Å²) >= 11 is 0. The summed E-state index contributed by atoms with van der Waals surface area (Å²) in [4.78, 5) is 73.1. The number of hydrogen-bond acceptors (Lipinski definition) is 15. The van der Waals surface area contributed by atoms with Crippen molar-refractivity contribution in [2.75, 3.05) is 39.6 Å². The van der Waals surface area contributed by atoms with Gasteiger partial charge in [-0.25, -0.2) is 9.13 Å². The maximum Gasteiger partial charge on any atom is 0.472 e. The predicted molar refractivity (Wildman–Crippen MR) is 427 cm³/mol. The fourth-order valence-electron chi connectivity index (χ4n) is 11.5. The number of allylic oxidation sites excluding steroid dienone is 14. The third-order valence-electron chi connectivity index (χ3n) is 17.8. The maximum absolute atomic E-state index is 13.1. The minimum Gasteiger partial charge on any atom is -0.462 e. The van der Waals surface area contributed by atoms with E-state index in [1.165, 1.54) is 135 Å². The maximum atomic E-state index is 13.1. The minimum absolute atomic E-state index is 0.0836. The lowest BCUT2D eigenvalue weighted by Crippen LogP contribution is -2.30. The molecule has 0 aromatic heterocycles. The molecule has 2 unspecified atom stereocenters. The van der Waals surface area contributed by atoms with E-state index in [-0.39, 0.29) is 25.7 Å². The molecule has 104 heavy (non-hydrogen) atoms. The molecule has 0 rings (SSSR count). The number of carbonyl (C=O) groups excluding carboxylic acids is 4. The van der Waals surface area contributed by atoms with Gasteiger partial charge in [-0.3, -0.25) is 37.3 Å². The lowest BCUT2D eigenvalue weighted by atomic mass is 10.0. The molecule has 17 nitrogen and oxygen atoms in total. The molecular weight excluding hydrogens is 1350 g/mol. The summed E-state index contributed by atoms with van der Waals surface area (Å²) in [6.07, 6.45) is 81.2. The Kier molecular flexibility index (Phi) is 74.6. The molecule has 0 bridgehead atoms. The third-order valence-corrected chi connectivity index (χ3v) is 19.7. The van der Waals surface area contributed by atoms with Crippen molar-refractivity contribution in [1.82, 2.24) is 0 Å². The normalized spacial score (nSPS) is 14.3. The summed E-state index contributed by atoms with van der Waals surface area (Å²) in [7, 11) is -9.96. The Hall–Kier alpha value is -3.76. The number of rotatable bonds is 79. The Morgan fingerprint density at radius 2 is 0.500 bits per heavy atom. The van der Waals surface area contributed by atoms with Crippen molar-refractivity contribution in [2.45, 2.75) is 393 Å². The van der Waals surface area contributed by atoms with Crippen molar-refractivity contribution in [3.63, 3.8) is 0 Å². The van der Waals surface area contributed by atoms with Crippen LogP contribution in [0.4, 0.5) is 0 Å². The van der Waals surface area contributed by atoms with Gasteiger partial charge in [-0.15, -0.1) is 0 Å². The Morgan fingerprint density at radius 3 is 0.798 bits per heavy atom. The molecule has 0 radical (unpaired) electrons. The topological polar surface area (TPSA) is 237 Å². The molecule has 0 fully saturated rings. The zero-order chi connectivity index (χ0) is 76.0. The van der Waals surface area contributed by atoms with Crippen molar-refractivity contribution in [1.29, 1.82) is 0 Å². The van der Waals surface area contributed by atoms with Crippen LogP contribution in [0.2, 0.25) is 0 Å². The van der Waals surface area contributed by atoms with Crippen molar-refractivity contribution >= 4 is 39.5 Å². The number of aliphatic hydroxyl groups excluding tert-OH is 1. The molecule has 19 heteroatoms. The number of ether oxygens (including phenoxy) is 4. The quantitative estimate of drug-likeness (QED) is 0.0169. The van der Waals surface area contributed by atoms with E-state index in [4.69, 9.17) is 37.0 Å². The summed E-state index contributed by atoms with van der Waals surface area (Å²) < 4.78 is 68.7. The SMILES string of the molecule is CC/C=C\C/C=C\C/C=C\C/C=C\C/C=C\CCCCCC(=O)OC[C@H](COP(=O)(O)OC[C@@H](O)COP(=O)(O)OC[C@@H](COC(=O)CCCCCCCCCCCCCCCCC)OC(=O)CCCCCCC/C=C\CCCCCCCC)OC(=O)CCCCCCCCC/C=C\CCCCCC. The number of phosphoric acid groups is 2. The van der Waals surface area contributed by atoms with E-state index in [0.717, 1.165) is 161 Å². The van der Waals surface area contributed by atoms with Crippen LogP contribution < -0.4 is 0 Å². The fraction of sp³-hybridized carbons (Fsp3) is 0.788. The highest BCUT2D eigenvalue weighted by Gasteiger charge is 2.30. The Balaban J connectivity index is 5.37. The van der Waals surface area contributed by atoms with Gasteiger partial charge in [0.1, 0.15) is 19.3 Å². The van der Waals surface area contributed by atoms with Crippen LogP contribution in [0.15, 0.2) is 85.1 Å². The van der Waals surface area contributed by atoms with Crippen LogP contribution in [0.25, 0.3) is 0 Å². The molecule has 3 N–H and O–H groups in total. The molecule has 5 atom stereocenters. The lowest BCUT2D eigenvalue weighted by Gasteiger charge is -2.21. The van der Waals surface area contributed by atoms with Gasteiger partial charge < -0.3 is 33.8 Å². The highest BCUT2D eigenvalue weighted by molar-refractivity contribution is 7.47. The summed E-state index contributed by atoms with van der Waals surface area (Å²) in [5.74, 6) is -2.20. The van der Waals surface area contributed by atoms with Crippen molar-refractivity contribution < 1.29 is 80.2 Å². The smallest absolute Gasteiger partial charge is 0.462 e. The van der Waals surface area contributed by atoms with Gasteiger partial charge in [-0.05, 0) is 122 Å². The first-order chi connectivity index (χ1) is 50.7. The van der Waals surface area contributed by atoms with Gasteiger partial charge in [0.15, 0.2) is 12.2 Å². The van der Waals surface area contributed by atoms with E-state index in [1.807, 2.05) is 0 Å². The summed E-state index contributed by atoms with van der Waals surface area (Å²) in [5.41, 5.74) is 0. The second kappa shape index (κ2) is 77.4. The highest BCUT2D eigenvalue weighted by atomic mass is 31.2. The van der Waals surface area contributed by atoms with Crippen molar-refractivity contribution in [3.05, 3.63) is 85.1 Å². The summed E-state index contributed by atoms with van der Waals surface area (Å²) in [5, 5.41) is 10.7. The molecule has 0 aromatic rings. The van der Waals surface area contributed by atoms with Gasteiger partial charge in [0.25, 0.3) is 0 Å². The predicted octanol–water partition coefficient (Wildman–Crippen LogP) is 24.6. The second-order valence-electron chi connectivity index (χ2n) is 28.0. The number of hydrogen-bond donors (Lipinski definition) is 3. The minimum atomic E-state index is -4.98. The standard InChI is InChI=1S/C85H152O17P2/c1-5-9-13-17-21-25-29-33-37-38-39-40-44-46-50-54-58-62-66-70-83(88)96-76-81(102-85(90)72-68-64-60-56-52-48-43-36-32-28-24-20-16-12-8-4)78-100-104(93,94)98-74-79(86)73-97-103(91,92)99-77-80(101-84(89)71-67-63-59-55-51-47-42-35-31-27-23-19-15-11-7-3)75-95-82(87)69-65-61-57-53-49-45-41-34-30-26-22-18-14-10-6-2/h9,13,21,25,28,32-33,35,37,39-40,42,46,50,79-81,86H,5-8,10-12,14-20,22-24,26-27,29-31,34,36,38,41,43-45,47-49,51-78H2,1-4H3,(H,91,92)(H,93,94)/b13-9-,25-21-,32-28-,37-33-,40-39-,42-35-,50-46-/t79-,80+,81+/m0/s1. The second-order valence-corrected chi connectivity index (χ2v) is 30.9. The van der Waals surface area contributed by atoms with Crippen LogP contribution in [0.5, 0.6) is 0 Å². The van der Waals surface area contributed by atoms with Gasteiger partial charge in [0.05, 0.1) is 26.4 Å². The van der Waals surface area contributed by atoms with E-state index < -0.39 is 97.5 Å². The molecule has 0 aliphatic carbocycles. The van der Waals surface area contributed by atoms with Crippen LogP contribution >= 0.6 is 15.6 Å². The number of esters is 4. The Morgan fingerprint density at radius 1 is 0.279 bits per heavy atom. The molecule has 0 aromatic carbocycles. The molecule has 0 heterocycles. The first-order valence-electron chi connectivity index (χ1n) is 41.8. The van der Waals surface area contributed by atoms with E-state index in [1.54, 1.807) is 0 Å². The van der Waals surface area contributed by atoms with Crippen LogP contribution in [0, 0.1) is 0 Å². The van der Waals surface area contributed by atoms with Gasteiger partial charge in [-0.1, -0.05) is 312 Å². The monoisotopic (exact) mass is 1510 g/mol. The molecule has 0 aliphatic heterocycles. The Bertz CT molecular complexity index is 2300. The van der Waals surface area contributed by atoms with Gasteiger partial charge in [-0.2, -0.15) is 0 Å². The lowest BCUT2D eigenvalue weighted by molar-refractivity contribution is -0.161. The average Bonchev–Trinajstić information content (AvgIpc) is 0.918. The molecule has 0 saturated carbocycles. The molecule has 0 spiro atoms. The van der Waals surface area contributed by atoms with Crippen molar-refractivity contribution in [2.24, 2.45) is 0 Å². The number of carbonyl (C=O) groups is 4. The first-order valence-corrected chi connectivity index (χ1v) is 44.8. The van der Waals surface area contributed by atoms with Gasteiger partial charge >= 0.3 is 39.5 Å². The zero-order valence-electron chi connectivity index (χ0n) is 66.2. The highest BCUT2D eigenvalue weighted by Crippen LogP contribution is 2.45. The molecular formula is C85H152O17P2. The number of phosphoric ester groups is 2. The zero-order valence-corrected chi connectivity index (χ0v) is 68.0. The Labute approximate surface area is 634 Å². The summed E-state index contributed by atoms with van der Waals surface area (Å²) in [6.45, 7) is 4.77. The van der Waals surface area contributed by atoms with E-state index in [9.17, 15) is 43.2 Å². The summed E-state index contributed by atoms with van der Waals surface area (Å²) in [6, 6.07) is 0. The van der Waals surface area contributed by atoms with E-state index in [2.05, 4.69) is 113 Å². The third kappa shape index (κ3) is 76.4. The molecule has 0 amide bonds. The fourth-order valence-corrected chi connectivity index (χ4v) is 13.1. The number of aliphatic hydroxyl groups is 1. The largest absolute Gasteiger partial charge is 0.472 e. The van der Waals surface area contributed by atoms with E-state index >= 15 is 0 Å². The molecule has 604 valence electrons. The average molecular weight is 1510 g/mol. The molecule has 0 saturated heterocycles.